The third-order valence-electron chi connectivity index (χ3n) is 5.45. The molecule has 0 saturated heterocycles. The molecule has 1 aromatic carbocycles. The molecule has 1 aliphatic carbocycles. The summed E-state index contributed by atoms with van der Waals surface area (Å²) in [7, 11) is 1.68. The zero-order valence-corrected chi connectivity index (χ0v) is 15.9. The van der Waals surface area contributed by atoms with Crippen molar-refractivity contribution >= 4 is 0 Å². The van der Waals surface area contributed by atoms with E-state index in [1.165, 1.54) is 24.8 Å². The summed E-state index contributed by atoms with van der Waals surface area (Å²) in [6.07, 6.45) is 6.55. The van der Waals surface area contributed by atoms with Gasteiger partial charge in [-0.05, 0) is 49.9 Å². The van der Waals surface area contributed by atoms with E-state index >= 15 is 0 Å². The quantitative estimate of drug-likeness (QED) is 0.664. The molecule has 1 fully saturated rings. The molecular weight excluding hydrogens is 340 g/mol. The number of hydrogen-bond donors (Lipinski definition) is 2. The zero-order chi connectivity index (χ0) is 18.6. The number of aromatic nitrogens is 3. The van der Waals surface area contributed by atoms with E-state index in [2.05, 4.69) is 32.8 Å². The molecule has 0 bridgehead atoms. The monoisotopic (exact) mass is 366 g/mol. The lowest BCUT2D eigenvalue weighted by Gasteiger charge is -2.20. The number of benzene rings is 1. The highest BCUT2D eigenvalue weighted by Gasteiger charge is 2.28. The van der Waals surface area contributed by atoms with Gasteiger partial charge in [-0.1, -0.05) is 11.6 Å². The lowest BCUT2D eigenvalue weighted by atomic mass is 9.97. The van der Waals surface area contributed by atoms with Crippen LogP contribution in [0.1, 0.15) is 36.3 Å². The van der Waals surface area contributed by atoms with Crippen LogP contribution in [0.5, 0.6) is 5.75 Å². The summed E-state index contributed by atoms with van der Waals surface area (Å²) in [5, 5.41) is 15.1. The van der Waals surface area contributed by atoms with Crippen LogP contribution in [0.15, 0.2) is 41.1 Å². The van der Waals surface area contributed by atoms with Gasteiger partial charge in [0.1, 0.15) is 11.5 Å². The maximum atomic E-state index is 5.42. The molecule has 2 aromatic heterocycles. The first-order valence-electron chi connectivity index (χ1n) is 9.55. The molecule has 2 atom stereocenters. The minimum atomic E-state index is 0.494. The predicted molar refractivity (Wildman–Crippen MR) is 103 cm³/mol. The number of nitrogens with one attached hydrogen (secondary N) is 2. The van der Waals surface area contributed by atoms with Crippen molar-refractivity contribution in [2.24, 2.45) is 5.92 Å². The van der Waals surface area contributed by atoms with Gasteiger partial charge in [0.25, 0.3) is 0 Å². The molecule has 6 nitrogen and oxygen atoms in total. The van der Waals surface area contributed by atoms with Crippen molar-refractivity contribution in [2.75, 3.05) is 7.11 Å². The Hall–Kier alpha value is -2.60. The Morgan fingerprint density at radius 3 is 2.85 bits per heavy atom. The summed E-state index contributed by atoms with van der Waals surface area (Å²) in [5.41, 5.74) is 4.31. The Bertz CT molecular complexity index is 868. The smallest absolute Gasteiger partial charge is 0.137 e. The fourth-order valence-electron chi connectivity index (χ4n) is 4.01. The first-order chi connectivity index (χ1) is 13.2. The van der Waals surface area contributed by atoms with Crippen molar-refractivity contribution in [3.63, 3.8) is 0 Å². The third-order valence-corrected chi connectivity index (χ3v) is 5.45. The highest BCUT2D eigenvalue weighted by molar-refractivity contribution is 5.63. The topological polar surface area (TPSA) is 76.0 Å². The van der Waals surface area contributed by atoms with Crippen molar-refractivity contribution in [2.45, 2.75) is 45.2 Å². The van der Waals surface area contributed by atoms with E-state index in [-0.39, 0.29) is 0 Å². The van der Waals surface area contributed by atoms with Gasteiger partial charge in [-0.3, -0.25) is 5.10 Å². The Morgan fingerprint density at radius 1 is 1.26 bits per heavy atom. The van der Waals surface area contributed by atoms with Gasteiger partial charge in [-0.2, -0.15) is 5.10 Å². The summed E-state index contributed by atoms with van der Waals surface area (Å²) in [6.45, 7) is 2.77. The van der Waals surface area contributed by atoms with Crippen LogP contribution in [-0.2, 0) is 13.0 Å². The van der Waals surface area contributed by atoms with Crippen LogP contribution in [0.2, 0.25) is 0 Å². The van der Waals surface area contributed by atoms with Gasteiger partial charge in [0.05, 0.1) is 24.7 Å². The van der Waals surface area contributed by atoms with Crippen LogP contribution in [-0.4, -0.2) is 28.5 Å². The van der Waals surface area contributed by atoms with Crippen LogP contribution in [0.25, 0.3) is 11.3 Å². The lowest BCUT2D eigenvalue weighted by molar-refractivity contribution is 0.329. The van der Waals surface area contributed by atoms with Gasteiger partial charge in [-0.15, -0.1) is 0 Å². The van der Waals surface area contributed by atoms with E-state index in [9.17, 15) is 0 Å². The van der Waals surface area contributed by atoms with E-state index in [0.29, 0.717) is 12.0 Å². The van der Waals surface area contributed by atoms with Crippen LogP contribution in [0.4, 0.5) is 0 Å². The number of H-pyrrole nitrogens is 1. The second-order valence-electron chi connectivity index (χ2n) is 7.32. The number of hydrogen-bond acceptors (Lipinski definition) is 5. The normalized spacial score (nSPS) is 19.5. The van der Waals surface area contributed by atoms with Gasteiger partial charge >= 0.3 is 0 Å². The molecule has 3 aromatic rings. The number of methoxy groups -OCH3 is 1. The molecule has 2 N–H and O–H groups in total. The standard InChI is InChI=1S/C21H26N4O2/c1-14-10-19(27-25-14)11-16-4-3-5-20(16)22-12-17-13-23-24-21(17)15-6-8-18(26-2)9-7-15/h6-10,13,16,20,22H,3-5,11-12H2,1-2H3,(H,23,24)/t16-,20+/m0/s1. The van der Waals surface area contributed by atoms with E-state index < -0.39 is 0 Å². The molecule has 0 amide bonds. The SMILES string of the molecule is COc1ccc(-c2[nH]ncc2CN[C@@H]2CCC[C@H]2Cc2cc(C)no2)cc1. The van der Waals surface area contributed by atoms with E-state index in [0.717, 1.165) is 41.4 Å². The molecule has 1 saturated carbocycles. The molecule has 0 spiro atoms. The molecule has 4 rings (SSSR count). The van der Waals surface area contributed by atoms with E-state index in [4.69, 9.17) is 9.26 Å². The van der Waals surface area contributed by atoms with Crippen LogP contribution >= 0.6 is 0 Å². The molecule has 27 heavy (non-hydrogen) atoms. The fraction of sp³-hybridized carbons (Fsp3) is 0.429. The van der Waals surface area contributed by atoms with Gasteiger partial charge in [0.2, 0.25) is 0 Å². The van der Waals surface area contributed by atoms with Crippen molar-refractivity contribution in [1.29, 1.82) is 0 Å². The van der Waals surface area contributed by atoms with Crippen molar-refractivity contribution in [1.82, 2.24) is 20.7 Å². The molecule has 142 valence electrons. The van der Waals surface area contributed by atoms with E-state index in [1.807, 2.05) is 31.3 Å². The Labute approximate surface area is 159 Å². The molecule has 0 aliphatic heterocycles. The van der Waals surface area contributed by atoms with Crippen LogP contribution in [0, 0.1) is 12.8 Å². The highest BCUT2D eigenvalue weighted by atomic mass is 16.5. The average molecular weight is 366 g/mol. The number of aryl methyl sites for hydroxylation is 1. The van der Waals surface area contributed by atoms with Gasteiger partial charge in [-0.25, -0.2) is 0 Å². The number of rotatable bonds is 7. The highest BCUT2D eigenvalue weighted by Crippen LogP contribution is 2.30. The summed E-state index contributed by atoms with van der Waals surface area (Å²) < 4.78 is 10.7. The Kier molecular flexibility index (Phi) is 5.25. The average Bonchev–Trinajstić information content (AvgIpc) is 3.42. The van der Waals surface area contributed by atoms with E-state index in [1.54, 1.807) is 7.11 Å². The summed E-state index contributed by atoms with van der Waals surface area (Å²) in [5.74, 6) is 2.44. The van der Waals surface area contributed by atoms with Gasteiger partial charge in [0.15, 0.2) is 0 Å². The maximum Gasteiger partial charge on any atom is 0.137 e. The van der Waals surface area contributed by atoms with Crippen LogP contribution in [0.3, 0.4) is 0 Å². The summed E-state index contributed by atoms with van der Waals surface area (Å²) in [6, 6.07) is 10.6. The number of nitrogens with zero attached hydrogens (tertiary/aromatic N) is 2. The van der Waals surface area contributed by atoms with Crippen molar-refractivity contribution in [3.8, 4) is 17.0 Å². The Morgan fingerprint density at radius 2 is 2.11 bits per heavy atom. The lowest BCUT2D eigenvalue weighted by Crippen LogP contribution is -2.32. The second-order valence-corrected chi connectivity index (χ2v) is 7.32. The Balaban J connectivity index is 1.40. The minimum Gasteiger partial charge on any atom is -0.497 e. The molecule has 0 radical (unpaired) electrons. The number of aromatic amines is 1. The molecule has 2 heterocycles. The third kappa shape index (κ3) is 4.06. The van der Waals surface area contributed by atoms with Gasteiger partial charge < -0.3 is 14.6 Å². The first kappa shape index (κ1) is 17.8. The largest absolute Gasteiger partial charge is 0.497 e. The van der Waals surface area contributed by atoms with Gasteiger partial charge in [0, 0.05) is 36.2 Å². The minimum absolute atomic E-state index is 0.494. The van der Waals surface area contributed by atoms with Crippen molar-refractivity contribution < 1.29 is 9.26 Å². The zero-order valence-electron chi connectivity index (χ0n) is 15.9. The first-order valence-corrected chi connectivity index (χ1v) is 9.55. The maximum absolute atomic E-state index is 5.42. The molecule has 0 unspecified atom stereocenters. The summed E-state index contributed by atoms with van der Waals surface area (Å²) >= 11 is 0. The number of ether oxygens (including phenoxy) is 1. The predicted octanol–water partition coefficient (Wildman–Crippen LogP) is 3.88. The molecular formula is C21H26N4O2. The second kappa shape index (κ2) is 7.96. The fourth-order valence-corrected chi connectivity index (χ4v) is 4.01. The molecule has 1 aliphatic rings. The van der Waals surface area contributed by atoms with Crippen LogP contribution < -0.4 is 10.1 Å². The van der Waals surface area contributed by atoms with Crippen molar-refractivity contribution in [3.05, 3.63) is 53.5 Å². The summed E-state index contributed by atoms with van der Waals surface area (Å²) in [4.78, 5) is 0. The molecule has 6 heteroatoms.